The van der Waals surface area contributed by atoms with Crippen molar-refractivity contribution in [1.29, 1.82) is 0 Å². The van der Waals surface area contributed by atoms with Crippen molar-refractivity contribution >= 4 is 38.3 Å². The third-order valence-electron chi connectivity index (χ3n) is 4.26. The Morgan fingerprint density at radius 3 is 2.75 bits per heavy atom. The Morgan fingerprint density at radius 2 is 2.04 bits per heavy atom. The second-order valence-electron chi connectivity index (χ2n) is 6.18. The highest BCUT2D eigenvalue weighted by Crippen LogP contribution is 2.28. The van der Waals surface area contributed by atoms with E-state index in [-0.39, 0.29) is 29.6 Å². The molecule has 1 aliphatic heterocycles. The van der Waals surface area contributed by atoms with Crippen LogP contribution in [0.2, 0.25) is 0 Å². The number of thiazole rings is 1. The minimum absolute atomic E-state index is 0.0701. The number of anilines is 1. The summed E-state index contributed by atoms with van der Waals surface area (Å²) in [6.45, 7) is 2.82. The Labute approximate surface area is 167 Å². The maximum atomic E-state index is 12.5. The minimum Gasteiger partial charge on any atom is -0.450 e. The summed E-state index contributed by atoms with van der Waals surface area (Å²) in [5, 5.41) is 3.01. The van der Waals surface area contributed by atoms with E-state index in [9.17, 15) is 18.0 Å². The van der Waals surface area contributed by atoms with Gasteiger partial charge in [0.05, 0.1) is 29.5 Å². The summed E-state index contributed by atoms with van der Waals surface area (Å²) in [6, 6.07) is 8.12. The lowest BCUT2D eigenvalue weighted by Crippen LogP contribution is -2.36. The Kier molecular flexibility index (Phi) is 6.30. The number of hydrogen-bond acceptors (Lipinski definition) is 7. The monoisotopic (exact) mass is 423 g/mol. The molecular weight excluding hydrogens is 402 g/mol. The van der Waals surface area contributed by atoms with Gasteiger partial charge in [-0.3, -0.25) is 10.1 Å². The summed E-state index contributed by atoms with van der Waals surface area (Å²) in [7, 11) is -3.49. The first-order valence-corrected chi connectivity index (χ1v) is 11.3. The molecule has 0 radical (unpaired) electrons. The number of hydrogen-bond donors (Lipinski definition) is 1. The molecule has 2 amide bonds. The number of nitrogens with one attached hydrogen (secondary N) is 1. The zero-order valence-electron chi connectivity index (χ0n) is 15.4. The highest BCUT2D eigenvalue weighted by atomic mass is 32.2. The first-order chi connectivity index (χ1) is 13.4. The van der Waals surface area contributed by atoms with Gasteiger partial charge in [0.15, 0.2) is 15.0 Å². The van der Waals surface area contributed by atoms with Crippen LogP contribution in [0.1, 0.15) is 23.9 Å². The van der Waals surface area contributed by atoms with E-state index in [1.165, 1.54) is 23.5 Å². The third-order valence-corrected chi connectivity index (χ3v) is 6.99. The van der Waals surface area contributed by atoms with E-state index in [0.717, 1.165) is 10.6 Å². The number of carbonyl (C=O) groups is 2. The first kappa shape index (κ1) is 20.3. The van der Waals surface area contributed by atoms with Crippen molar-refractivity contribution in [3.63, 3.8) is 0 Å². The van der Waals surface area contributed by atoms with E-state index < -0.39 is 15.9 Å². The highest BCUT2D eigenvalue weighted by Gasteiger charge is 2.26. The van der Waals surface area contributed by atoms with Gasteiger partial charge in [-0.05, 0) is 19.1 Å². The van der Waals surface area contributed by atoms with E-state index in [4.69, 9.17) is 4.74 Å². The summed E-state index contributed by atoms with van der Waals surface area (Å²) in [5.74, 6) is -0.434. The molecule has 150 valence electrons. The Hall–Kier alpha value is -2.46. The largest absolute Gasteiger partial charge is 0.450 e. The predicted octanol–water partition coefficient (Wildman–Crippen LogP) is 2.46. The second kappa shape index (κ2) is 8.70. The van der Waals surface area contributed by atoms with Crippen molar-refractivity contribution in [3.05, 3.63) is 40.9 Å². The number of rotatable bonds is 6. The quantitative estimate of drug-likeness (QED) is 0.765. The molecule has 8 nitrogen and oxygen atoms in total. The molecule has 28 heavy (non-hydrogen) atoms. The van der Waals surface area contributed by atoms with Crippen LogP contribution < -0.4 is 5.32 Å². The van der Waals surface area contributed by atoms with Gasteiger partial charge in [0.25, 0.3) is 0 Å². The van der Waals surface area contributed by atoms with Crippen molar-refractivity contribution in [3.8, 4) is 0 Å². The van der Waals surface area contributed by atoms with Gasteiger partial charge in [-0.25, -0.2) is 18.2 Å². The third kappa shape index (κ3) is 4.87. The smallest absolute Gasteiger partial charge is 0.413 e. The van der Waals surface area contributed by atoms with Gasteiger partial charge in [0.2, 0.25) is 5.91 Å². The summed E-state index contributed by atoms with van der Waals surface area (Å²) in [5.41, 5.74) is 0.845. The molecule has 1 N–H and O–H groups in total. The molecular formula is C18H21N3O5S2. The summed E-state index contributed by atoms with van der Waals surface area (Å²) >= 11 is 1.30. The van der Waals surface area contributed by atoms with Gasteiger partial charge in [0.1, 0.15) is 0 Å². The van der Waals surface area contributed by atoms with Gasteiger partial charge in [-0.15, -0.1) is 0 Å². The highest BCUT2D eigenvalue weighted by molar-refractivity contribution is 7.91. The fourth-order valence-electron chi connectivity index (χ4n) is 2.84. The van der Waals surface area contributed by atoms with E-state index in [1.54, 1.807) is 30.0 Å². The lowest BCUT2D eigenvalue weighted by molar-refractivity contribution is -0.131. The number of carbonyl (C=O) groups excluding carboxylic acids is 2. The van der Waals surface area contributed by atoms with Crippen LogP contribution in [0.3, 0.4) is 0 Å². The Bertz CT molecular complexity index is 957. The van der Waals surface area contributed by atoms with E-state index in [0.29, 0.717) is 24.6 Å². The van der Waals surface area contributed by atoms with E-state index in [2.05, 4.69) is 10.3 Å². The predicted molar refractivity (Wildman–Crippen MR) is 105 cm³/mol. The Morgan fingerprint density at radius 1 is 1.29 bits per heavy atom. The van der Waals surface area contributed by atoms with Crippen LogP contribution in [0.4, 0.5) is 9.93 Å². The van der Waals surface area contributed by atoms with Crippen molar-refractivity contribution in [2.45, 2.75) is 31.2 Å². The number of fused-ring (bicyclic) bond motifs is 1. The number of nitrogens with zero attached hydrogens (tertiary/aromatic N) is 2. The van der Waals surface area contributed by atoms with Gasteiger partial charge in [-0.1, -0.05) is 29.5 Å². The molecule has 0 saturated carbocycles. The summed E-state index contributed by atoms with van der Waals surface area (Å²) in [4.78, 5) is 31.1. The summed E-state index contributed by atoms with van der Waals surface area (Å²) < 4.78 is 29.5. The lowest BCUT2D eigenvalue weighted by Gasteiger charge is -2.26. The van der Waals surface area contributed by atoms with E-state index >= 15 is 0 Å². The normalized spacial score (nSPS) is 13.7. The molecule has 1 aliphatic rings. The van der Waals surface area contributed by atoms with Crippen LogP contribution in [0.5, 0.6) is 0 Å². The fraction of sp³-hybridized carbons (Fsp3) is 0.389. The molecule has 2 aromatic rings. The topological polar surface area (TPSA) is 106 Å². The average Bonchev–Trinajstić information content (AvgIpc) is 3.08. The molecule has 0 unspecified atom stereocenters. The van der Waals surface area contributed by atoms with Gasteiger partial charge < -0.3 is 9.64 Å². The zero-order chi connectivity index (χ0) is 20.1. The van der Waals surface area contributed by atoms with Crippen LogP contribution in [0.15, 0.2) is 35.2 Å². The molecule has 0 aliphatic carbocycles. The molecule has 1 aromatic carbocycles. The van der Waals surface area contributed by atoms with Gasteiger partial charge in [-0.2, -0.15) is 0 Å². The number of aromatic nitrogens is 1. The molecule has 0 saturated heterocycles. The summed E-state index contributed by atoms with van der Waals surface area (Å²) in [6.07, 6.45) is -0.0695. The van der Waals surface area contributed by atoms with Crippen molar-refractivity contribution in [2.75, 3.05) is 24.2 Å². The van der Waals surface area contributed by atoms with Crippen LogP contribution in [-0.2, 0) is 32.3 Å². The molecule has 0 atom stereocenters. The van der Waals surface area contributed by atoms with Crippen LogP contribution in [0.25, 0.3) is 0 Å². The van der Waals surface area contributed by atoms with Crippen LogP contribution in [-0.4, -0.2) is 49.2 Å². The first-order valence-electron chi connectivity index (χ1n) is 8.87. The van der Waals surface area contributed by atoms with Crippen molar-refractivity contribution in [1.82, 2.24) is 9.88 Å². The maximum Gasteiger partial charge on any atom is 0.413 e. The van der Waals surface area contributed by atoms with Gasteiger partial charge in [0, 0.05) is 24.3 Å². The second-order valence-corrected chi connectivity index (χ2v) is 9.37. The fourth-order valence-corrected chi connectivity index (χ4v) is 5.10. The lowest BCUT2D eigenvalue weighted by atomic mass is 10.1. The molecule has 0 fully saturated rings. The molecule has 10 heteroatoms. The SMILES string of the molecule is CCOC(=O)Nc1nc2c(s1)CN(C(=O)CCS(=O)(=O)c1ccccc1)CC2. The maximum absolute atomic E-state index is 12.5. The molecule has 1 aromatic heterocycles. The molecule has 0 spiro atoms. The average molecular weight is 424 g/mol. The van der Waals surface area contributed by atoms with Gasteiger partial charge >= 0.3 is 6.09 Å². The molecule has 0 bridgehead atoms. The number of amides is 2. The number of benzene rings is 1. The number of sulfone groups is 1. The zero-order valence-corrected chi connectivity index (χ0v) is 17.0. The molecule has 2 heterocycles. The molecule has 3 rings (SSSR count). The standard InChI is InChI=1S/C18H21N3O5S2/c1-2-26-18(23)20-17-19-14-8-10-21(12-15(14)27-17)16(22)9-11-28(24,25)13-6-4-3-5-7-13/h3-7H,2,8-12H2,1H3,(H,19,20,23). The number of ether oxygens (including phenoxy) is 1. The van der Waals surface area contributed by atoms with Crippen molar-refractivity contribution < 1.29 is 22.7 Å². The van der Waals surface area contributed by atoms with Crippen molar-refractivity contribution in [2.24, 2.45) is 0 Å². The Balaban J connectivity index is 1.58. The minimum atomic E-state index is -3.49. The van der Waals surface area contributed by atoms with E-state index in [1.807, 2.05) is 0 Å². The van der Waals surface area contributed by atoms with Crippen LogP contribution >= 0.6 is 11.3 Å². The van der Waals surface area contributed by atoms with Crippen LogP contribution in [0, 0.1) is 0 Å².